The van der Waals surface area contributed by atoms with Crippen LogP contribution in [0.5, 0.6) is 0 Å². The van der Waals surface area contributed by atoms with Crippen molar-refractivity contribution < 1.29 is 19.1 Å². The van der Waals surface area contributed by atoms with Crippen LogP contribution in [0.3, 0.4) is 0 Å². The second-order valence-electron chi connectivity index (χ2n) is 7.48. The zero-order chi connectivity index (χ0) is 19.2. The van der Waals surface area contributed by atoms with Gasteiger partial charge in [0.1, 0.15) is 6.04 Å². The van der Waals surface area contributed by atoms with Gasteiger partial charge in [0.2, 0.25) is 5.78 Å². The standard InChI is InChI=1S/C21H29NO4/c1-4-21(2,3)18(23)19(24)22-14-9-8-12-17(22)20(25)26-15-13-16-10-6-5-7-11-16/h5-7,10-11,17H,4,8-9,12-15H2,1-3H3. The third kappa shape index (κ3) is 4.93. The quantitative estimate of drug-likeness (QED) is 0.554. The molecule has 0 radical (unpaired) electrons. The van der Waals surface area contributed by atoms with Crippen molar-refractivity contribution in [1.82, 2.24) is 4.90 Å². The molecule has 1 unspecified atom stereocenters. The van der Waals surface area contributed by atoms with Crippen molar-refractivity contribution in [2.24, 2.45) is 5.41 Å². The molecule has 0 bridgehead atoms. The number of carbonyl (C=O) groups is 3. The summed E-state index contributed by atoms with van der Waals surface area (Å²) in [6.45, 7) is 6.13. The zero-order valence-corrected chi connectivity index (χ0v) is 16.0. The molecule has 1 atom stereocenters. The van der Waals surface area contributed by atoms with E-state index in [1.165, 1.54) is 4.90 Å². The Kier molecular flexibility index (Phi) is 6.95. The number of ketones is 1. The molecule has 0 aromatic heterocycles. The van der Waals surface area contributed by atoms with Gasteiger partial charge in [-0.3, -0.25) is 9.59 Å². The summed E-state index contributed by atoms with van der Waals surface area (Å²) in [5.41, 5.74) is 0.382. The number of piperidine rings is 1. The molecule has 1 fully saturated rings. The van der Waals surface area contributed by atoms with Gasteiger partial charge < -0.3 is 9.64 Å². The third-order valence-electron chi connectivity index (χ3n) is 5.21. The number of Topliss-reactive ketones (excluding diaryl/α,β-unsaturated/α-hetero) is 1. The smallest absolute Gasteiger partial charge is 0.328 e. The maximum absolute atomic E-state index is 12.7. The summed E-state index contributed by atoms with van der Waals surface area (Å²) < 4.78 is 5.41. The minimum atomic E-state index is -0.712. The summed E-state index contributed by atoms with van der Waals surface area (Å²) in [5, 5.41) is 0. The van der Waals surface area contributed by atoms with Gasteiger partial charge in [0.25, 0.3) is 5.91 Å². The molecule has 26 heavy (non-hydrogen) atoms. The van der Waals surface area contributed by atoms with Crippen molar-refractivity contribution in [3.8, 4) is 0 Å². The van der Waals surface area contributed by atoms with Crippen LogP contribution in [0.4, 0.5) is 0 Å². The molecule has 1 aliphatic rings. The van der Waals surface area contributed by atoms with E-state index in [9.17, 15) is 14.4 Å². The molecule has 5 heteroatoms. The largest absolute Gasteiger partial charge is 0.464 e. The van der Waals surface area contributed by atoms with E-state index in [4.69, 9.17) is 4.74 Å². The Morgan fingerprint density at radius 1 is 1.15 bits per heavy atom. The molecule has 1 heterocycles. The molecule has 2 rings (SSSR count). The molecule has 0 spiro atoms. The fourth-order valence-corrected chi connectivity index (χ4v) is 3.01. The van der Waals surface area contributed by atoms with Gasteiger partial charge in [-0.25, -0.2) is 4.79 Å². The number of hydrogen-bond acceptors (Lipinski definition) is 4. The van der Waals surface area contributed by atoms with E-state index in [0.29, 0.717) is 25.8 Å². The van der Waals surface area contributed by atoms with Crippen LogP contribution in [0, 0.1) is 5.41 Å². The van der Waals surface area contributed by atoms with Crippen molar-refractivity contribution in [3.05, 3.63) is 35.9 Å². The lowest BCUT2D eigenvalue weighted by atomic mass is 9.84. The van der Waals surface area contributed by atoms with Crippen molar-refractivity contribution in [2.75, 3.05) is 13.2 Å². The Balaban J connectivity index is 1.97. The van der Waals surface area contributed by atoms with Gasteiger partial charge in [-0.2, -0.15) is 0 Å². The topological polar surface area (TPSA) is 63.7 Å². The van der Waals surface area contributed by atoms with E-state index in [0.717, 1.165) is 18.4 Å². The lowest BCUT2D eigenvalue weighted by Crippen LogP contribution is -2.53. The summed E-state index contributed by atoms with van der Waals surface area (Å²) in [5.74, 6) is -1.39. The monoisotopic (exact) mass is 359 g/mol. The first-order valence-corrected chi connectivity index (χ1v) is 9.43. The SMILES string of the molecule is CCC(C)(C)C(=O)C(=O)N1CCCCC1C(=O)OCCc1ccccc1. The second kappa shape index (κ2) is 8.97. The Labute approximate surface area is 155 Å². The van der Waals surface area contributed by atoms with Crippen LogP contribution in [-0.2, 0) is 25.5 Å². The number of carbonyl (C=O) groups excluding carboxylic acids is 3. The van der Waals surface area contributed by atoms with Crippen LogP contribution in [0.1, 0.15) is 52.0 Å². The summed E-state index contributed by atoms with van der Waals surface area (Å²) in [6, 6.07) is 9.14. The molecule has 1 aliphatic heterocycles. The van der Waals surface area contributed by atoms with Gasteiger partial charge in [0.05, 0.1) is 6.61 Å². The van der Waals surface area contributed by atoms with Gasteiger partial charge in [0.15, 0.2) is 0 Å². The van der Waals surface area contributed by atoms with Crippen LogP contribution in [0.25, 0.3) is 0 Å². The summed E-state index contributed by atoms with van der Waals surface area (Å²) in [4.78, 5) is 39.1. The second-order valence-corrected chi connectivity index (χ2v) is 7.48. The Morgan fingerprint density at radius 3 is 2.50 bits per heavy atom. The van der Waals surface area contributed by atoms with Crippen molar-refractivity contribution in [1.29, 1.82) is 0 Å². The first-order chi connectivity index (χ1) is 12.4. The lowest BCUT2D eigenvalue weighted by molar-refractivity contribution is -0.161. The number of likely N-dealkylation sites (tertiary alicyclic amines) is 1. The first-order valence-electron chi connectivity index (χ1n) is 9.43. The van der Waals surface area contributed by atoms with E-state index in [1.54, 1.807) is 13.8 Å². The molecular weight excluding hydrogens is 330 g/mol. The number of rotatable bonds is 7. The van der Waals surface area contributed by atoms with E-state index >= 15 is 0 Å². The Bertz CT molecular complexity index is 639. The number of benzene rings is 1. The molecule has 1 aromatic rings. The lowest BCUT2D eigenvalue weighted by Gasteiger charge is -2.35. The van der Waals surface area contributed by atoms with Gasteiger partial charge in [-0.15, -0.1) is 0 Å². The molecule has 1 saturated heterocycles. The van der Waals surface area contributed by atoms with Gasteiger partial charge in [-0.1, -0.05) is 51.1 Å². The third-order valence-corrected chi connectivity index (χ3v) is 5.21. The number of hydrogen-bond donors (Lipinski definition) is 0. The number of nitrogens with zero attached hydrogens (tertiary/aromatic N) is 1. The average molecular weight is 359 g/mol. The first kappa shape index (κ1) is 20.1. The molecule has 0 saturated carbocycles. The van der Waals surface area contributed by atoms with Crippen LogP contribution in [0.2, 0.25) is 0 Å². The van der Waals surface area contributed by atoms with Crippen LogP contribution in [-0.4, -0.2) is 41.8 Å². The van der Waals surface area contributed by atoms with E-state index in [1.807, 2.05) is 37.3 Å². The fraction of sp³-hybridized carbons (Fsp3) is 0.571. The highest BCUT2D eigenvalue weighted by Crippen LogP contribution is 2.25. The van der Waals surface area contributed by atoms with Gasteiger partial charge >= 0.3 is 5.97 Å². The minimum absolute atomic E-state index is 0.274. The molecule has 5 nitrogen and oxygen atoms in total. The summed E-state index contributed by atoms with van der Waals surface area (Å²) >= 11 is 0. The van der Waals surface area contributed by atoms with E-state index in [-0.39, 0.29) is 6.61 Å². The molecule has 0 N–H and O–H groups in total. The van der Waals surface area contributed by atoms with E-state index in [2.05, 4.69) is 0 Å². The van der Waals surface area contributed by atoms with Gasteiger partial charge in [0, 0.05) is 18.4 Å². The van der Waals surface area contributed by atoms with E-state index < -0.39 is 29.1 Å². The highest BCUT2D eigenvalue weighted by Gasteiger charge is 2.40. The van der Waals surface area contributed by atoms with Gasteiger partial charge in [-0.05, 0) is 31.2 Å². The van der Waals surface area contributed by atoms with Crippen molar-refractivity contribution >= 4 is 17.7 Å². The molecule has 1 aromatic carbocycles. The number of amides is 1. The van der Waals surface area contributed by atoms with Crippen LogP contribution in [0.15, 0.2) is 30.3 Å². The molecular formula is C21H29NO4. The summed E-state index contributed by atoms with van der Waals surface area (Å²) in [6.07, 6.45) is 3.43. The number of esters is 1. The minimum Gasteiger partial charge on any atom is -0.464 e. The van der Waals surface area contributed by atoms with Crippen molar-refractivity contribution in [3.63, 3.8) is 0 Å². The Hall–Kier alpha value is -2.17. The maximum atomic E-state index is 12.7. The predicted molar refractivity (Wildman–Crippen MR) is 99.5 cm³/mol. The van der Waals surface area contributed by atoms with Crippen LogP contribution < -0.4 is 0 Å². The average Bonchev–Trinajstić information content (AvgIpc) is 2.67. The highest BCUT2D eigenvalue weighted by molar-refractivity contribution is 6.38. The fourth-order valence-electron chi connectivity index (χ4n) is 3.01. The predicted octanol–water partition coefficient (Wildman–Crippen LogP) is 3.16. The zero-order valence-electron chi connectivity index (χ0n) is 16.0. The van der Waals surface area contributed by atoms with Crippen LogP contribution >= 0.6 is 0 Å². The van der Waals surface area contributed by atoms with Crippen molar-refractivity contribution in [2.45, 2.75) is 58.9 Å². The normalized spacial score (nSPS) is 17.7. The Morgan fingerprint density at radius 2 is 1.85 bits per heavy atom. The summed E-state index contributed by atoms with van der Waals surface area (Å²) in [7, 11) is 0. The molecule has 0 aliphatic carbocycles. The highest BCUT2D eigenvalue weighted by atomic mass is 16.5. The number of ether oxygens (including phenoxy) is 1. The molecule has 1 amide bonds. The molecule has 142 valence electrons. The maximum Gasteiger partial charge on any atom is 0.328 e.